The van der Waals surface area contributed by atoms with Crippen molar-refractivity contribution in [3.63, 3.8) is 0 Å². The second-order valence-corrected chi connectivity index (χ2v) is 5.28. The van der Waals surface area contributed by atoms with Crippen LogP contribution in [0.3, 0.4) is 0 Å². The number of nitrogens with zero attached hydrogens (tertiary/aromatic N) is 2. The van der Waals surface area contributed by atoms with Crippen LogP contribution >= 0.6 is 0 Å². The van der Waals surface area contributed by atoms with Gasteiger partial charge >= 0.3 is 0 Å². The SMILES string of the molecule is CCN(c1ncccc1[C@@H](C)N)C1CCCCC1. The number of pyridine rings is 1. The molecule has 3 heteroatoms. The Balaban J connectivity index is 2.26. The third-order valence-corrected chi connectivity index (χ3v) is 3.94. The minimum atomic E-state index is 0.0475. The van der Waals surface area contributed by atoms with E-state index in [2.05, 4.69) is 22.9 Å². The smallest absolute Gasteiger partial charge is 0.133 e. The summed E-state index contributed by atoms with van der Waals surface area (Å²) in [6, 6.07) is 4.79. The standard InChI is InChI=1S/C15H25N3/c1-3-18(13-8-5-4-6-9-13)15-14(12(2)16)10-7-11-17-15/h7,10-13H,3-6,8-9,16H2,1-2H3/t12-/m1/s1. The Hall–Kier alpha value is -1.09. The number of hydrogen-bond acceptors (Lipinski definition) is 3. The second kappa shape index (κ2) is 6.19. The van der Waals surface area contributed by atoms with Gasteiger partial charge < -0.3 is 10.6 Å². The number of anilines is 1. The monoisotopic (exact) mass is 247 g/mol. The maximum Gasteiger partial charge on any atom is 0.133 e. The Morgan fingerprint density at radius 2 is 2.11 bits per heavy atom. The first-order valence-electron chi connectivity index (χ1n) is 7.21. The Bertz CT molecular complexity index is 370. The van der Waals surface area contributed by atoms with Crippen LogP contribution in [0.5, 0.6) is 0 Å². The van der Waals surface area contributed by atoms with Crippen molar-refractivity contribution in [1.29, 1.82) is 0 Å². The zero-order valence-corrected chi connectivity index (χ0v) is 11.6. The van der Waals surface area contributed by atoms with Crippen LogP contribution in [0.25, 0.3) is 0 Å². The Kier molecular flexibility index (Phi) is 4.59. The van der Waals surface area contributed by atoms with E-state index in [4.69, 9.17) is 5.73 Å². The van der Waals surface area contributed by atoms with Crippen LogP contribution in [-0.2, 0) is 0 Å². The third kappa shape index (κ3) is 2.83. The normalized spacial score (nSPS) is 18.6. The third-order valence-electron chi connectivity index (χ3n) is 3.94. The van der Waals surface area contributed by atoms with E-state index < -0.39 is 0 Å². The van der Waals surface area contributed by atoms with Crippen molar-refractivity contribution in [3.8, 4) is 0 Å². The minimum Gasteiger partial charge on any atom is -0.354 e. The largest absolute Gasteiger partial charge is 0.354 e. The highest BCUT2D eigenvalue weighted by molar-refractivity contribution is 5.49. The zero-order chi connectivity index (χ0) is 13.0. The molecule has 1 aromatic heterocycles. The molecule has 0 saturated heterocycles. The van der Waals surface area contributed by atoms with Crippen LogP contribution in [0.4, 0.5) is 5.82 Å². The molecule has 2 N–H and O–H groups in total. The van der Waals surface area contributed by atoms with Crippen LogP contribution in [0.2, 0.25) is 0 Å². The quantitative estimate of drug-likeness (QED) is 0.888. The Morgan fingerprint density at radius 3 is 2.72 bits per heavy atom. The molecule has 0 aromatic carbocycles. The molecule has 18 heavy (non-hydrogen) atoms. The van der Waals surface area contributed by atoms with Crippen molar-refractivity contribution in [1.82, 2.24) is 4.98 Å². The van der Waals surface area contributed by atoms with Crippen LogP contribution in [-0.4, -0.2) is 17.6 Å². The lowest BCUT2D eigenvalue weighted by atomic mass is 9.93. The second-order valence-electron chi connectivity index (χ2n) is 5.28. The van der Waals surface area contributed by atoms with Gasteiger partial charge in [0.25, 0.3) is 0 Å². The predicted octanol–water partition coefficient (Wildman–Crippen LogP) is 3.26. The van der Waals surface area contributed by atoms with E-state index in [1.165, 1.54) is 37.7 Å². The van der Waals surface area contributed by atoms with Crippen LogP contribution in [0.15, 0.2) is 18.3 Å². The van der Waals surface area contributed by atoms with Gasteiger partial charge in [-0.15, -0.1) is 0 Å². The van der Waals surface area contributed by atoms with Gasteiger partial charge in [0, 0.05) is 30.4 Å². The van der Waals surface area contributed by atoms with Gasteiger partial charge in [-0.2, -0.15) is 0 Å². The molecule has 0 unspecified atom stereocenters. The highest BCUT2D eigenvalue weighted by atomic mass is 15.2. The molecule has 0 aliphatic heterocycles. The molecule has 1 atom stereocenters. The molecule has 100 valence electrons. The fraction of sp³-hybridized carbons (Fsp3) is 0.667. The van der Waals surface area contributed by atoms with Crippen LogP contribution in [0, 0.1) is 0 Å². The fourth-order valence-corrected chi connectivity index (χ4v) is 2.98. The highest BCUT2D eigenvalue weighted by Gasteiger charge is 2.23. The van der Waals surface area contributed by atoms with Crippen molar-refractivity contribution in [2.24, 2.45) is 5.73 Å². The lowest BCUT2D eigenvalue weighted by Crippen LogP contribution is -2.38. The summed E-state index contributed by atoms with van der Waals surface area (Å²) in [6.07, 6.45) is 8.55. The summed E-state index contributed by atoms with van der Waals surface area (Å²) in [5, 5.41) is 0. The average molecular weight is 247 g/mol. The lowest BCUT2D eigenvalue weighted by molar-refractivity contribution is 0.415. The molecule has 0 amide bonds. The molecule has 1 aliphatic carbocycles. The van der Waals surface area contributed by atoms with E-state index in [0.717, 1.165) is 12.4 Å². The summed E-state index contributed by atoms with van der Waals surface area (Å²) < 4.78 is 0. The summed E-state index contributed by atoms with van der Waals surface area (Å²) in [4.78, 5) is 7.05. The van der Waals surface area contributed by atoms with Crippen molar-refractivity contribution in [2.45, 2.75) is 58.0 Å². The van der Waals surface area contributed by atoms with E-state index in [1.807, 2.05) is 19.2 Å². The van der Waals surface area contributed by atoms with Crippen molar-refractivity contribution >= 4 is 5.82 Å². The van der Waals surface area contributed by atoms with E-state index in [9.17, 15) is 0 Å². The molecule has 0 radical (unpaired) electrons. The van der Waals surface area contributed by atoms with Gasteiger partial charge in [-0.25, -0.2) is 4.98 Å². The number of hydrogen-bond donors (Lipinski definition) is 1. The van der Waals surface area contributed by atoms with Crippen molar-refractivity contribution < 1.29 is 0 Å². The van der Waals surface area contributed by atoms with E-state index in [-0.39, 0.29) is 6.04 Å². The number of nitrogens with two attached hydrogens (primary N) is 1. The predicted molar refractivity (Wildman–Crippen MR) is 76.7 cm³/mol. The van der Waals surface area contributed by atoms with Crippen LogP contribution in [0.1, 0.15) is 57.6 Å². The summed E-state index contributed by atoms with van der Waals surface area (Å²) >= 11 is 0. The van der Waals surface area contributed by atoms with Gasteiger partial charge in [-0.3, -0.25) is 0 Å². The molecule has 1 saturated carbocycles. The van der Waals surface area contributed by atoms with Gasteiger partial charge in [0.2, 0.25) is 0 Å². The van der Waals surface area contributed by atoms with Gasteiger partial charge in [-0.05, 0) is 32.8 Å². The molecule has 1 aromatic rings. The minimum absolute atomic E-state index is 0.0475. The van der Waals surface area contributed by atoms with Gasteiger partial charge in [0.15, 0.2) is 0 Å². The van der Waals surface area contributed by atoms with Gasteiger partial charge in [-0.1, -0.05) is 25.3 Å². The zero-order valence-electron chi connectivity index (χ0n) is 11.6. The molecule has 3 nitrogen and oxygen atoms in total. The van der Waals surface area contributed by atoms with Gasteiger partial charge in [0.05, 0.1) is 0 Å². The molecular formula is C15H25N3. The Morgan fingerprint density at radius 1 is 1.39 bits per heavy atom. The molecule has 1 aliphatic rings. The number of aromatic nitrogens is 1. The average Bonchev–Trinajstić information content (AvgIpc) is 2.41. The maximum absolute atomic E-state index is 6.07. The fourth-order valence-electron chi connectivity index (χ4n) is 2.98. The molecule has 0 spiro atoms. The first-order chi connectivity index (χ1) is 8.74. The first kappa shape index (κ1) is 13.3. The maximum atomic E-state index is 6.07. The van der Waals surface area contributed by atoms with E-state index in [1.54, 1.807) is 0 Å². The lowest BCUT2D eigenvalue weighted by Gasteiger charge is -2.36. The van der Waals surface area contributed by atoms with Crippen molar-refractivity contribution in [2.75, 3.05) is 11.4 Å². The van der Waals surface area contributed by atoms with E-state index >= 15 is 0 Å². The summed E-state index contributed by atoms with van der Waals surface area (Å²) in [5.74, 6) is 1.10. The first-order valence-corrected chi connectivity index (χ1v) is 7.21. The highest BCUT2D eigenvalue weighted by Crippen LogP contribution is 2.29. The van der Waals surface area contributed by atoms with E-state index in [0.29, 0.717) is 6.04 Å². The van der Waals surface area contributed by atoms with Crippen LogP contribution < -0.4 is 10.6 Å². The topological polar surface area (TPSA) is 42.2 Å². The Labute approximate surface area is 110 Å². The molecule has 2 rings (SSSR count). The summed E-state index contributed by atoms with van der Waals surface area (Å²) in [7, 11) is 0. The summed E-state index contributed by atoms with van der Waals surface area (Å²) in [6.45, 7) is 5.27. The summed E-state index contributed by atoms with van der Waals surface area (Å²) in [5.41, 5.74) is 7.24. The molecule has 0 bridgehead atoms. The van der Waals surface area contributed by atoms with Gasteiger partial charge in [0.1, 0.15) is 5.82 Å². The molecule has 1 fully saturated rings. The number of rotatable bonds is 4. The molecule has 1 heterocycles. The molecular weight excluding hydrogens is 222 g/mol. The van der Waals surface area contributed by atoms with Crippen molar-refractivity contribution in [3.05, 3.63) is 23.9 Å².